The van der Waals surface area contributed by atoms with E-state index in [1.54, 1.807) is 41.3 Å². The Balaban J connectivity index is 1.64. The number of benzene rings is 2. The molecule has 1 aliphatic rings. The van der Waals surface area contributed by atoms with Crippen LogP contribution < -0.4 is 4.90 Å². The number of esters is 1. The second kappa shape index (κ2) is 8.80. The van der Waals surface area contributed by atoms with Crippen molar-refractivity contribution in [3.63, 3.8) is 0 Å². The minimum Gasteiger partial charge on any atom is -0.451 e. The second-order valence-electron chi connectivity index (χ2n) is 6.71. The molecule has 29 heavy (non-hydrogen) atoms. The summed E-state index contributed by atoms with van der Waals surface area (Å²) in [6.07, 6.45) is 2.52. The van der Waals surface area contributed by atoms with Gasteiger partial charge in [0, 0.05) is 30.8 Å². The van der Waals surface area contributed by atoms with Crippen LogP contribution >= 0.6 is 23.2 Å². The molecule has 0 fully saturated rings. The third-order valence-corrected chi connectivity index (χ3v) is 5.40. The third-order valence-electron chi connectivity index (χ3n) is 4.66. The molecule has 0 radical (unpaired) electrons. The number of fused-ring (bicyclic) bond motifs is 1. The van der Waals surface area contributed by atoms with Crippen LogP contribution in [0.15, 0.2) is 42.5 Å². The maximum absolute atomic E-state index is 12.6. The Hall–Kier alpha value is -2.63. The minimum atomic E-state index is -0.940. The lowest BCUT2D eigenvalue weighted by Gasteiger charge is -2.15. The summed E-state index contributed by atoms with van der Waals surface area (Å²) in [4.78, 5) is 38.0. The van der Waals surface area contributed by atoms with Crippen molar-refractivity contribution in [1.82, 2.24) is 0 Å². The first kappa shape index (κ1) is 21.1. The highest BCUT2D eigenvalue weighted by Crippen LogP contribution is 2.29. The zero-order chi connectivity index (χ0) is 21.1. The number of ether oxygens (including phenoxy) is 1. The largest absolute Gasteiger partial charge is 0.451 e. The fraction of sp³-hybridized carbons (Fsp3) is 0.227. The van der Waals surface area contributed by atoms with Crippen molar-refractivity contribution < 1.29 is 19.1 Å². The van der Waals surface area contributed by atoms with E-state index in [-0.39, 0.29) is 11.7 Å². The molecule has 0 saturated heterocycles. The summed E-state index contributed by atoms with van der Waals surface area (Å²) in [6, 6.07) is 10.1. The summed E-state index contributed by atoms with van der Waals surface area (Å²) in [5.41, 5.74) is 2.89. The third kappa shape index (κ3) is 4.86. The van der Waals surface area contributed by atoms with Gasteiger partial charge in [0.2, 0.25) is 11.7 Å². The molecule has 1 aliphatic heterocycles. The number of carbonyl (C=O) groups is 3. The first-order chi connectivity index (χ1) is 13.8. The van der Waals surface area contributed by atoms with E-state index in [2.05, 4.69) is 0 Å². The van der Waals surface area contributed by atoms with Gasteiger partial charge in [0.15, 0.2) is 6.10 Å². The van der Waals surface area contributed by atoms with E-state index >= 15 is 0 Å². The lowest BCUT2D eigenvalue weighted by atomic mass is 10.0. The molecule has 0 spiro atoms. The van der Waals surface area contributed by atoms with E-state index < -0.39 is 12.1 Å². The first-order valence-electron chi connectivity index (χ1n) is 9.05. The SMILES string of the molecule is CC(=O)N1CCc2cc(C(=O)C(C)OC(=O)C=Cc3ccc(Cl)c(Cl)c3)ccc21. The monoisotopic (exact) mass is 431 g/mol. The Bertz CT molecular complexity index is 1020. The van der Waals surface area contributed by atoms with Gasteiger partial charge in [-0.3, -0.25) is 9.59 Å². The topological polar surface area (TPSA) is 63.7 Å². The number of nitrogens with zero attached hydrogens (tertiary/aromatic N) is 1. The maximum atomic E-state index is 12.6. The molecule has 7 heteroatoms. The normalized spacial score (nSPS) is 14.0. The fourth-order valence-electron chi connectivity index (χ4n) is 3.16. The predicted octanol–water partition coefficient (Wildman–Crippen LogP) is 4.73. The molecule has 3 rings (SSSR count). The smallest absolute Gasteiger partial charge is 0.331 e. The molecule has 1 heterocycles. The van der Waals surface area contributed by atoms with Crippen LogP contribution in [0.2, 0.25) is 10.0 Å². The van der Waals surface area contributed by atoms with Crippen molar-refractivity contribution in [3.8, 4) is 0 Å². The molecule has 0 saturated carbocycles. The van der Waals surface area contributed by atoms with Gasteiger partial charge in [0.05, 0.1) is 10.0 Å². The standard InChI is InChI=1S/C22H19Cl2NO4/c1-13(29-21(27)8-4-15-3-6-18(23)19(24)11-15)22(28)17-5-7-20-16(12-17)9-10-25(20)14(2)26/h3-8,11-13H,9-10H2,1-2H3. The Kier molecular flexibility index (Phi) is 6.40. The number of hydrogen-bond donors (Lipinski definition) is 0. The van der Waals surface area contributed by atoms with Crippen LogP contribution in [0.3, 0.4) is 0 Å². The van der Waals surface area contributed by atoms with E-state index in [1.165, 1.54) is 26.0 Å². The fourth-order valence-corrected chi connectivity index (χ4v) is 3.47. The molecule has 150 valence electrons. The van der Waals surface area contributed by atoms with Crippen molar-refractivity contribution >= 4 is 52.6 Å². The molecule has 0 aliphatic carbocycles. The molecule has 5 nitrogen and oxygen atoms in total. The highest BCUT2D eigenvalue weighted by Gasteiger charge is 2.25. The van der Waals surface area contributed by atoms with Gasteiger partial charge in [-0.25, -0.2) is 4.79 Å². The maximum Gasteiger partial charge on any atom is 0.331 e. The van der Waals surface area contributed by atoms with Crippen molar-refractivity contribution in [2.45, 2.75) is 26.4 Å². The van der Waals surface area contributed by atoms with Crippen LogP contribution in [0, 0.1) is 0 Å². The van der Waals surface area contributed by atoms with Crippen molar-refractivity contribution in [1.29, 1.82) is 0 Å². The number of halogens is 2. The molecular weight excluding hydrogens is 413 g/mol. The van der Waals surface area contributed by atoms with Crippen LogP contribution in [-0.2, 0) is 20.7 Å². The molecule has 0 bridgehead atoms. The van der Waals surface area contributed by atoms with Crippen LogP contribution in [0.4, 0.5) is 5.69 Å². The summed E-state index contributed by atoms with van der Waals surface area (Å²) in [6.45, 7) is 3.65. The number of anilines is 1. The quantitative estimate of drug-likeness (QED) is 0.389. The van der Waals surface area contributed by atoms with E-state index in [4.69, 9.17) is 27.9 Å². The molecule has 1 unspecified atom stereocenters. The van der Waals surface area contributed by atoms with Crippen LogP contribution in [0.25, 0.3) is 6.08 Å². The van der Waals surface area contributed by atoms with E-state index in [1.807, 2.05) is 0 Å². The molecule has 2 aromatic rings. The average molecular weight is 432 g/mol. The number of hydrogen-bond acceptors (Lipinski definition) is 4. The first-order valence-corrected chi connectivity index (χ1v) is 9.81. The van der Waals surface area contributed by atoms with Crippen molar-refractivity contribution in [2.24, 2.45) is 0 Å². The molecule has 2 aromatic carbocycles. The number of rotatable bonds is 5. The van der Waals surface area contributed by atoms with Gasteiger partial charge in [-0.15, -0.1) is 0 Å². The van der Waals surface area contributed by atoms with Gasteiger partial charge in [-0.2, -0.15) is 0 Å². The summed E-state index contributed by atoms with van der Waals surface area (Å²) in [5, 5.41) is 0.803. The molecule has 1 atom stereocenters. The van der Waals surface area contributed by atoms with Gasteiger partial charge < -0.3 is 9.64 Å². The van der Waals surface area contributed by atoms with Gasteiger partial charge in [0.25, 0.3) is 0 Å². The molecular formula is C22H19Cl2NO4. The minimum absolute atomic E-state index is 0.0288. The zero-order valence-corrected chi connectivity index (χ0v) is 17.5. The van der Waals surface area contributed by atoms with Gasteiger partial charge >= 0.3 is 5.97 Å². The Morgan fingerprint density at radius 2 is 1.86 bits per heavy atom. The summed E-state index contributed by atoms with van der Waals surface area (Å²) in [5.74, 6) is -0.968. The van der Waals surface area contributed by atoms with E-state index in [9.17, 15) is 14.4 Å². The van der Waals surface area contributed by atoms with Crippen molar-refractivity contribution in [3.05, 3.63) is 69.2 Å². The number of carbonyl (C=O) groups excluding carboxylic acids is 3. The van der Waals surface area contributed by atoms with Crippen LogP contribution in [-0.4, -0.2) is 30.3 Å². The summed E-state index contributed by atoms with van der Waals surface area (Å²) < 4.78 is 5.22. The number of amides is 1. The summed E-state index contributed by atoms with van der Waals surface area (Å²) >= 11 is 11.8. The Labute approximate surface area is 178 Å². The lowest BCUT2D eigenvalue weighted by molar-refractivity contribution is -0.140. The average Bonchev–Trinajstić information content (AvgIpc) is 3.11. The lowest BCUT2D eigenvalue weighted by Crippen LogP contribution is -2.26. The molecule has 1 amide bonds. The predicted molar refractivity (Wildman–Crippen MR) is 114 cm³/mol. The van der Waals surface area contributed by atoms with Crippen molar-refractivity contribution in [2.75, 3.05) is 11.4 Å². The van der Waals surface area contributed by atoms with Gasteiger partial charge in [-0.05, 0) is 60.9 Å². The van der Waals surface area contributed by atoms with Crippen LogP contribution in [0.1, 0.15) is 35.3 Å². The highest BCUT2D eigenvalue weighted by molar-refractivity contribution is 6.42. The second-order valence-corrected chi connectivity index (χ2v) is 7.53. The Morgan fingerprint density at radius 3 is 2.55 bits per heavy atom. The number of Topliss-reactive ketones (excluding diaryl/α,β-unsaturated/α-hetero) is 1. The summed E-state index contributed by atoms with van der Waals surface area (Å²) in [7, 11) is 0. The molecule has 0 N–H and O–H groups in total. The number of ketones is 1. The van der Waals surface area contributed by atoms with E-state index in [0.717, 1.165) is 11.3 Å². The van der Waals surface area contributed by atoms with Gasteiger partial charge in [-0.1, -0.05) is 29.3 Å². The van der Waals surface area contributed by atoms with E-state index in [0.29, 0.717) is 34.1 Å². The highest BCUT2D eigenvalue weighted by atomic mass is 35.5. The molecule has 0 aromatic heterocycles. The van der Waals surface area contributed by atoms with Crippen LogP contribution in [0.5, 0.6) is 0 Å². The Morgan fingerprint density at radius 1 is 1.10 bits per heavy atom. The van der Waals surface area contributed by atoms with Gasteiger partial charge in [0.1, 0.15) is 0 Å². The zero-order valence-electron chi connectivity index (χ0n) is 15.9.